The second kappa shape index (κ2) is 6.81. The maximum atomic E-state index is 10.2. The molecule has 1 amide bonds. The van der Waals surface area contributed by atoms with Gasteiger partial charge in [0.1, 0.15) is 6.61 Å². The van der Waals surface area contributed by atoms with Gasteiger partial charge >= 0.3 is 6.09 Å². The van der Waals surface area contributed by atoms with Crippen molar-refractivity contribution in [2.45, 2.75) is 12.6 Å². The Balaban J connectivity index is 2.02. The van der Waals surface area contributed by atoms with Crippen molar-refractivity contribution in [3.63, 3.8) is 0 Å². The van der Waals surface area contributed by atoms with Crippen LogP contribution in [0.3, 0.4) is 0 Å². The van der Waals surface area contributed by atoms with E-state index in [9.17, 15) is 9.90 Å². The van der Waals surface area contributed by atoms with Gasteiger partial charge in [0.05, 0.1) is 12.6 Å². The molecule has 7 nitrogen and oxygen atoms in total. The molecule has 90 valence electrons. The third-order valence-corrected chi connectivity index (χ3v) is 1.86. The van der Waals surface area contributed by atoms with Crippen LogP contribution in [0.25, 0.3) is 0 Å². The fourth-order valence-corrected chi connectivity index (χ4v) is 1.18. The largest absolute Gasteiger partial charge is 0.448 e. The number of carbonyl (C=O) groups excluding carboxylic acids is 1. The number of hydrogen-bond acceptors (Lipinski definition) is 5. The van der Waals surface area contributed by atoms with Crippen molar-refractivity contribution in [3.8, 4) is 0 Å². The molecule has 0 saturated heterocycles. The predicted molar refractivity (Wildman–Crippen MR) is 56.6 cm³/mol. The van der Waals surface area contributed by atoms with Gasteiger partial charge in [0.15, 0.2) is 0 Å². The summed E-state index contributed by atoms with van der Waals surface area (Å²) in [5.74, 6) is 0. The number of hydrogen-bond donors (Lipinski definition) is 3. The van der Waals surface area contributed by atoms with Crippen LogP contribution in [0.4, 0.5) is 4.79 Å². The first-order valence-corrected chi connectivity index (χ1v) is 4.97. The number of aliphatic hydroxyl groups excluding tert-OH is 1. The van der Waals surface area contributed by atoms with E-state index in [1.807, 2.05) is 0 Å². The summed E-state index contributed by atoms with van der Waals surface area (Å²) in [6.45, 7) is 1.49. The molecule has 7 heteroatoms. The Bertz CT molecular complexity index is 302. The highest BCUT2D eigenvalue weighted by Crippen LogP contribution is 1.89. The first kappa shape index (κ1) is 12.5. The van der Waals surface area contributed by atoms with Gasteiger partial charge in [0, 0.05) is 25.5 Å². The molecule has 16 heavy (non-hydrogen) atoms. The standard InChI is InChI=1S/C9H16N4O3/c10-9(15)16-5-3-11-6-8(14)7-13-4-1-2-12-13/h1-2,4,8,11,14H,3,5-7H2,(H2,10,15). The molecule has 1 unspecified atom stereocenters. The van der Waals surface area contributed by atoms with Crippen LogP contribution in [-0.4, -0.2) is 46.8 Å². The van der Waals surface area contributed by atoms with E-state index in [1.54, 1.807) is 23.1 Å². The molecule has 0 radical (unpaired) electrons. The number of aliphatic hydroxyl groups is 1. The minimum Gasteiger partial charge on any atom is -0.448 e. The van der Waals surface area contributed by atoms with E-state index in [-0.39, 0.29) is 6.61 Å². The Hall–Kier alpha value is -1.60. The highest BCUT2D eigenvalue weighted by Gasteiger charge is 2.04. The van der Waals surface area contributed by atoms with Gasteiger partial charge in [-0.25, -0.2) is 4.79 Å². The van der Waals surface area contributed by atoms with Crippen molar-refractivity contribution in [1.29, 1.82) is 0 Å². The van der Waals surface area contributed by atoms with Crippen LogP contribution in [0.1, 0.15) is 0 Å². The lowest BCUT2D eigenvalue weighted by atomic mass is 10.3. The molecule has 1 rings (SSSR count). The predicted octanol–water partition coefficient (Wildman–Crippen LogP) is -1.07. The highest BCUT2D eigenvalue weighted by atomic mass is 16.5. The fourth-order valence-electron chi connectivity index (χ4n) is 1.18. The smallest absolute Gasteiger partial charge is 0.404 e. The number of aromatic nitrogens is 2. The number of nitrogens with two attached hydrogens (primary N) is 1. The summed E-state index contributed by atoms with van der Waals surface area (Å²) in [6, 6.07) is 1.79. The lowest BCUT2D eigenvalue weighted by Crippen LogP contribution is -2.33. The van der Waals surface area contributed by atoms with Gasteiger partial charge in [0.25, 0.3) is 0 Å². The van der Waals surface area contributed by atoms with Gasteiger partial charge in [-0.05, 0) is 6.07 Å². The molecule has 4 N–H and O–H groups in total. The minimum atomic E-state index is -0.793. The number of nitrogens with one attached hydrogen (secondary N) is 1. The average molecular weight is 228 g/mol. The van der Waals surface area contributed by atoms with E-state index < -0.39 is 12.2 Å². The molecular weight excluding hydrogens is 212 g/mol. The maximum absolute atomic E-state index is 10.2. The summed E-state index contributed by atoms with van der Waals surface area (Å²) in [6.07, 6.45) is 2.10. The quantitative estimate of drug-likeness (QED) is 0.516. The SMILES string of the molecule is NC(=O)OCCNCC(O)Cn1cccn1. The molecular formula is C9H16N4O3. The first-order valence-electron chi connectivity index (χ1n) is 4.97. The Morgan fingerprint density at radius 2 is 2.50 bits per heavy atom. The van der Waals surface area contributed by atoms with Crippen molar-refractivity contribution in [1.82, 2.24) is 15.1 Å². The van der Waals surface area contributed by atoms with Gasteiger partial charge in [-0.15, -0.1) is 0 Å². The van der Waals surface area contributed by atoms with E-state index in [1.165, 1.54) is 0 Å². The van der Waals surface area contributed by atoms with Crippen molar-refractivity contribution in [2.75, 3.05) is 19.7 Å². The van der Waals surface area contributed by atoms with Crippen LogP contribution in [0.15, 0.2) is 18.5 Å². The molecule has 0 aliphatic heterocycles. The molecule has 0 aliphatic carbocycles. The summed E-state index contributed by atoms with van der Waals surface area (Å²) in [4.78, 5) is 10.2. The van der Waals surface area contributed by atoms with Crippen LogP contribution < -0.4 is 11.1 Å². The monoisotopic (exact) mass is 228 g/mol. The Labute approximate surface area is 93.2 Å². The fraction of sp³-hybridized carbons (Fsp3) is 0.556. The molecule has 0 aromatic carbocycles. The zero-order chi connectivity index (χ0) is 11.8. The lowest BCUT2D eigenvalue weighted by Gasteiger charge is -2.11. The van der Waals surface area contributed by atoms with Gasteiger partial charge in [0.2, 0.25) is 0 Å². The Kier molecular flexibility index (Phi) is 5.30. The molecule has 0 aliphatic rings. The number of rotatable bonds is 7. The topological polar surface area (TPSA) is 102 Å². The maximum Gasteiger partial charge on any atom is 0.404 e. The third kappa shape index (κ3) is 5.32. The number of carbonyl (C=O) groups is 1. The van der Waals surface area contributed by atoms with Gasteiger partial charge in [-0.2, -0.15) is 5.10 Å². The summed E-state index contributed by atoms with van der Waals surface area (Å²) in [5, 5.41) is 16.5. The Morgan fingerprint density at radius 1 is 1.69 bits per heavy atom. The van der Waals surface area contributed by atoms with E-state index in [4.69, 9.17) is 5.73 Å². The van der Waals surface area contributed by atoms with Crippen LogP contribution >= 0.6 is 0 Å². The molecule has 1 aromatic rings. The zero-order valence-electron chi connectivity index (χ0n) is 8.87. The molecule has 0 fully saturated rings. The van der Waals surface area contributed by atoms with E-state index in [0.29, 0.717) is 19.6 Å². The molecule has 1 aromatic heterocycles. The summed E-state index contributed by atoms with van der Waals surface area (Å²) in [7, 11) is 0. The van der Waals surface area contributed by atoms with Gasteiger partial charge in [-0.1, -0.05) is 0 Å². The average Bonchev–Trinajstić information content (AvgIpc) is 2.69. The molecule has 0 spiro atoms. The molecule has 1 heterocycles. The number of primary amides is 1. The molecule has 0 saturated carbocycles. The van der Waals surface area contributed by atoms with E-state index >= 15 is 0 Å². The van der Waals surface area contributed by atoms with Crippen molar-refractivity contribution in [2.24, 2.45) is 5.73 Å². The second-order valence-corrected chi connectivity index (χ2v) is 3.25. The van der Waals surface area contributed by atoms with Gasteiger partial charge < -0.3 is 20.9 Å². The second-order valence-electron chi connectivity index (χ2n) is 3.25. The van der Waals surface area contributed by atoms with Crippen LogP contribution in [-0.2, 0) is 11.3 Å². The van der Waals surface area contributed by atoms with E-state index in [2.05, 4.69) is 15.2 Å². The van der Waals surface area contributed by atoms with Crippen LogP contribution in [0.5, 0.6) is 0 Å². The molecule has 0 bridgehead atoms. The minimum absolute atomic E-state index is 0.198. The van der Waals surface area contributed by atoms with Crippen molar-refractivity contribution in [3.05, 3.63) is 18.5 Å². The number of amides is 1. The van der Waals surface area contributed by atoms with Crippen molar-refractivity contribution >= 4 is 6.09 Å². The van der Waals surface area contributed by atoms with Gasteiger partial charge in [-0.3, -0.25) is 4.68 Å². The normalized spacial score (nSPS) is 12.3. The van der Waals surface area contributed by atoms with E-state index in [0.717, 1.165) is 0 Å². The summed E-state index contributed by atoms with van der Waals surface area (Å²) in [5.41, 5.74) is 4.77. The highest BCUT2D eigenvalue weighted by molar-refractivity contribution is 5.64. The Morgan fingerprint density at radius 3 is 3.12 bits per heavy atom. The summed E-state index contributed by atoms with van der Waals surface area (Å²) < 4.78 is 6.15. The van der Waals surface area contributed by atoms with Crippen molar-refractivity contribution < 1.29 is 14.6 Å². The summed E-state index contributed by atoms with van der Waals surface area (Å²) >= 11 is 0. The lowest BCUT2D eigenvalue weighted by molar-refractivity contribution is 0.137. The number of nitrogens with zero attached hydrogens (tertiary/aromatic N) is 2. The van der Waals surface area contributed by atoms with Crippen LogP contribution in [0, 0.1) is 0 Å². The third-order valence-electron chi connectivity index (χ3n) is 1.86. The number of ether oxygens (including phenoxy) is 1. The zero-order valence-corrected chi connectivity index (χ0v) is 8.87. The molecule has 1 atom stereocenters. The first-order chi connectivity index (χ1) is 7.68. The van der Waals surface area contributed by atoms with Crippen LogP contribution in [0.2, 0.25) is 0 Å².